The van der Waals surface area contributed by atoms with Crippen LogP contribution in [0.3, 0.4) is 0 Å². The Morgan fingerprint density at radius 3 is 2.55 bits per heavy atom. The fourth-order valence-corrected chi connectivity index (χ4v) is 6.08. The summed E-state index contributed by atoms with van der Waals surface area (Å²) in [7, 11) is 0. The molecular weight excluding hydrogens is 511 g/mol. The van der Waals surface area contributed by atoms with Gasteiger partial charge in [0.15, 0.2) is 0 Å². The fraction of sp³-hybridized carbons (Fsp3) is 0.567. The van der Waals surface area contributed by atoms with Gasteiger partial charge in [0.05, 0.1) is 18.8 Å². The van der Waals surface area contributed by atoms with Crippen molar-refractivity contribution in [3.63, 3.8) is 0 Å². The van der Waals surface area contributed by atoms with Gasteiger partial charge in [0, 0.05) is 69.8 Å². The molecule has 3 N–H and O–H groups in total. The molecule has 1 aromatic carbocycles. The average Bonchev–Trinajstić information content (AvgIpc) is 3.44. The Labute approximate surface area is 235 Å². The maximum Gasteiger partial charge on any atom is 0.256 e. The molecule has 2 unspecified atom stereocenters. The summed E-state index contributed by atoms with van der Waals surface area (Å²) in [5, 5.41) is 3.23. The molecule has 0 spiro atoms. The predicted octanol–water partition coefficient (Wildman–Crippen LogP) is 2.02. The van der Waals surface area contributed by atoms with E-state index in [2.05, 4.69) is 20.1 Å². The minimum atomic E-state index is -0.576. The molecule has 0 radical (unpaired) electrons. The maximum absolute atomic E-state index is 13.7. The summed E-state index contributed by atoms with van der Waals surface area (Å²) in [4.78, 5) is 37.9. The van der Waals surface area contributed by atoms with E-state index in [0.717, 1.165) is 70.6 Å². The number of hydrogen-bond donors (Lipinski definition) is 2. The molecule has 0 bridgehead atoms. The molecule has 10 heteroatoms. The highest BCUT2D eigenvalue weighted by Gasteiger charge is 2.42. The van der Waals surface area contributed by atoms with Crippen LogP contribution in [0.25, 0.3) is 0 Å². The van der Waals surface area contributed by atoms with Gasteiger partial charge in [0.1, 0.15) is 11.9 Å². The zero-order valence-electron chi connectivity index (χ0n) is 23.1. The second kappa shape index (κ2) is 13.6. The van der Waals surface area contributed by atoms with Crippen LogP contribution in [0.5, 0.6) is 0 Å². The lowest BCUT2D eigenvalue weighted by Crippen LogP contribution is -2.50. The quantitative estimate of drug-likeness (QED) is 0.491. The van der Waals surface area contributed by atoms with Crippen molar-refractivity contribution < 1.29 is 18.7 Å². The van der Waals surface area contributed by atoms with Crippen LogP contribution in [0, 0.1) is 5.82 Å². The molecule has 1 aromatic heterocycles. The van der Waals surface area contributed by atoms with Crippen molar-refractivity contribution in [2.75, 3.05) is 45.9 Å². The standard InChI is InChI=1S/C30H41FN6O3/c31-24-5-3-22(4-6-24)20-36(13-12-35-14-16-40-17-15-35)27-18-28(29(38)34-26-9-7-25(32)8-10-26)37(21-27)30(39)23-2-1-11-33-19-23/h1-6,11,19,25-28H,7-10,12-18,20-21,32H2,(H,34,38). The molecule has 3 heterocycles. The summed E-state index contributed by atoms with van der Waals surface area (Å²) < 4.78 is 19.2. The van der Waals surface area contributed by atoms with Gasteiger partial charge in [-0.1, -0.05) is 12.1 Å². The normalized spacial score (nSPS) is 25.7. The number of pyridine rings is 1. The maximum atomic E-state index is 13.7. The molecule has 3 fully saturated rings. The van der Waals surface area contributed by atoms with E-state index in [1.54, 1.807) is 29.4 Å². The van der Waals surface area contributed by atoms with Crippen molar-refractivity contribution >= 4 is 11.8 Å². The van der Waals surface area contributed by atoms with Gasteiger partial charge in [-0.2, -0.15) is 0 Å². The average molecular weight is 553 g/mol. The summed E-state index contributed by atoms with van der Waals surface area (Å²) in [5.41, 5.74) is 7.55. The molecule has 3 aliphatic rings. The Morgan fingerprint density at radius 2 is 1.85 bits per heavy atom. The number of carbonyl (C=O) groups excluding carboxylic acids is 2. The van der Waals surface area contributed by atoms with Gasteiger partial charge in [0.2, 0.25) is 5.91 Å². The molecule has 2 atom stereocenters. The first-order valence-electron chi connectivity index (χ1n) is 14.5. The summed E-state index contributed by atoms with van der Waals surface area (Å²) >= 11 is 0. The Hall–Kier alpha value is -2.92. The molecule has 2 saturated heterocycles. The minimum absolute atomic E-state index is 0.0257. The van der Waals surface area contributed by atoms with Crippen molar-refractivity contribution in [1.29, 1.82) is 0 Å². The number of halogens is 1. The number of nitrogens with two attached hydrogens (primary N) is 1. The van der Waals surface area contributed by atoms with Crippen LogP contribution in [0.15, 0.2) is 48.8 Å². The van der Waals surface area contributed by atoms with Crippen LogP contribution in [-0.4, -0.2) is 102 Å². The monoisotopic (exact) mass is 552 g/mol. The summed E-state index contributed by atoms with van der Waals surface area (Å²) in [6.45, 7) is 5.90. The number of amides is 2. The van der Waals surface area contributed by atoms with E-state index in [-0.39, 0.29) is 35.8 Å². The number of aromatic nitrogens is 1. The smallest absolute Gasteiger partial charge is 0.256 e. The van der Waals surface area contributed by atoms with Crippen molar-refractivity contribution in [2.45, 2.75) is 62.8 Å². The molecule has 5 rings (SSSR count). The number of nitrogens with one attached hydrogen (secondary N) is 1. The Bertz CT molecular complexity index is 1110. The second-order valence-electron chi connectivity index (χ2n) is 11.3. The number of rotatable bonds is 9. The highest BCUT2D eigenvalue weighted by atomic mass is 19.1. The van der Waals surface area contributed by atoms with E-state index < -0.39 is 6.04 Å². The zero-order chi connectivity index (χ0) is 27.9. The summed E-state index contributed by atoms with van der Waals surface area (Å²) in [5.74, 6) is -0.551. The fourth-order valence-electron chi connectivity index (χ4n) is 6.08. The van der Waals surface area contributed by atoms with Gasteiger partial charge >= 0.3 is 0 Å². The van der Waals surface area contributed by atoms with Gasteiger partial charge in [-0.25, -0.2) is 4.39 Å². The Morgan fingerprint density at radius 1 is 1.10 bits per heavy atom. The highest BCUT2D eigenvalue weighted by Crippen LogP contribution is 2.27. The van der Waals surface area contributed by atoms with Crippen LogP contribution >= 0.6 is 0 Å². The van der Waals surface area contributed by atoms with Crippen molar-refractivity contribution in [1.82, 2.24) is 25.0 Å². The van der Waals surface area contributed by atoms with E-state index in [0.29, 0.717) is 25.1 Å². The molecule has 40 heavy (non-hydrogen) atoms. The van der Waals surface area contributed by atoms with Crippen LogP contribution in [0.2, 0.25) is 0 Å². The molecule has 2 aromatic rings. The van der Waals surface area contributed by atoms with E-state index >= 15 is 0 Å². The SMILES string of the molecule is NC1CCC(NC(=O)C2CC(N(CCN3CCOCC3)Cc3ccc(F)cc3)CN2C(=O)c2cccnc2)CC1. The van der Waals surface area contributed by atoms with E-state index in [1.807, 2.05) is 12.1 Å². The van der Waals surface area contributed by atoms with Gasteiger partial charge in [-0.15, -0.1) is 0 Å². The van der Waals surface area contributed by atoms with Crippen LogP contribution in [0.1, 0.15) is 48.0 Å². The van der Waals surface area contributed by atoms with Gasteiger partial charge in [-0.3, -0.25) is 24.4 Å². The van der Waals surface area contributed by atoms with Crippen LogP contribution in [-0.2, 0) is 16.1 Å². The third-order valence-corrected chi connectivity index (χ3v) is 8.49. The molecule has 216 valence electrons. The summed E-state index contributed by atoms with van der Waals surface area (Å²) in [6, 6.07) is 9.74. The second-order valence-corrected chi connectivity index (χ2v) is 11.3. The first-order valence-corrected chi connectivity index (χ1v) is 14.5. The highest BCUT2D eigenvalue weighted by molar-refractivity contribution is 5.97. The van der Waals surface area contributed by atoms with Gasteiger partial charge < -0.3 is 20.7 Å². The Kier molecular flexibility index (Phi) is 9.74. The number of likely N-dealkylation sites (tertiary alicyclic amines) is 1. The zero-order valence-corrected chi connectivity index (χ0v) is 23.1. The molecule has 9 nitrogen and oxygen atoms in total. The topological polar surface area (TPSA) is 104 Å². The van der Waals surface area contributed by atoms with E-state index in [9.17, 15) is 14.0 Å². The number of carbonyl (C=O) groups is 2. The van der Waals surface area contributed by atoms with Gasteiger partial charge in [0.25, 0.3) is 5.91 Å². The third kappa shape index (κ3) is 7.42. The first-order chi connectivity index (χ1) is 19.5. The Balaban J connectivity index is 1.35. The van der Waals surface area contributed by atoms with Crippen LogP contribution in [0.4, 0.5) is 4.39 Å². The van der Waals surface area contributed by atoms with Crippen molar-refractivity contribution in [3.05, 3.63) is 65.7 Å². The van der Waals surface area contributed by atoms with E-state index in [4.69, 9.17) is 10.5 Å². The third-order valence-electron chi connectivity index (χ3n) is 8.49. The predicted molar refractivity (Wildman–Crippen MR) is 150 cm³/mol. The molecule has 2 amide bonds. The molecular formula is C30H41FN6O3. The van der Waals surface area contributed by atoms with Crippen molar-refractivity contribution in [2.24, 2.45) is 5.73 Å². The number of hydrogen-bond acceptors (Lipinski definition) is 7. The first kappa shape index (κ1) is 28.6. The van der Waals surface area contributed by atoms with Crippen LogP contribution < -0.4 is 11.1 Å². The molecule has 2 aliphatic heterocycles. The summed E-state index contributed by atoms with van der Waals surface area (Å²) in [6.07, 6.45) is 7.23. The number of ether oxygens (including phenoxy) is 1. The minimum Gasteiger partial charge on any atom is -0.379 e. The van der Waals surface area contributed by atoms with Crippen molar-refractivity contribution in [3.8, 4) is 0 Å². The largest absolute Gasteiger partial charge is 0.379 e. The lowest BCUT2D eigenvalue weighted by Gasteiger charge is -2.33. The van der Waals surface area contributed by atoms with E-state index in [1.165, 1.54) is 12.1 Å². The molecule has 1 saturated carbocycles. The number of morpholine rings is 1. The van der Waals surface area contributed by atoms with Gasteiger partial charge in [-0.05, 0) is 61.9 Å². The lowest BCUT2D eigenvalue weighted by molar-refractivity contribution is -0.125. The number of nitrogens with zero attached hydrogens (tertiary/aromatic N) is 4. The number of benzene rings is 1. The lowest BCUT2D eigenvalue weighted by atomic mass is 9.91. The molecule has 1 aliphatic carbocycles.